The summed E-state index contributed by atoms with van der Waals surface area (Å²) >= 11 is 1.70. The lowest BCUT2D eigenvalue weighted by Gasteiger charge is -2.31. The molecule has 1 aromatic rings. The van der Waals surface area contributed by atoms with Crippen molar-refractivity contribution in [3.05, 3.63) is 30.7 Å². The summed E-state index contributed by atoms with van der Waals surface area (Å²) in [5.41, 5.74) is 2.01. The molecule has 0 bridgehead atoms. The maximum atomic E-state index is 6.32. The maximum absolute atomic E-state index is 6.32. The van der Waals surface area contributed by atoms with Crippen LogP contribution in [0.5, 0.6) is 0 Å². The molecule has 1 aromatic heterocycles. The van der Waals surface area contributed by atoms with Crippen LogP contribution in [-0.4, -0.2) is 32.4 Å². The van der Waals surface area contributed by atoms with Crippen LogP contribution < -0.4 is 0 Å². The van der Waals surface area contributed by atoms with Gasteiger partial charge in [0.1, 0.15) is 0 Å². The first kappa shape index (κ1) is 15.6. The molecule has 0 aliphatic heterocycles. The minimum Gasteiger partial charge on any atom is -0.453 e. The Morgan fingerprint density at radius 2 is 1.89 bits per heavy atom. The Morgan fingerprint density at radius 1 is 1.28 bits per heavy atom. The summed E-state index contributed by atoms with van der Waals surface area (Å²) in [5, 5.41) is 0.850. The lowest BCUT2D eigenvalue weighted by molar-refractivity contribution is 0.557. The van der Waals surface area contributed by atoms with Crippen LogP contribution in [0.1, 0.15) is 0 Å². The Bertz CT molecular complexity index is 385. The van der Waals surface area contributed by atoms with E-state index in [0.717, 1.165) is 17.0 Å². The van der Waals surface area contributed by atoms with Gasteiger partial charge in [0.2, 0.25) is 0 Å². The third-order valence-electron chi connectivity index (χ3n) is 2.51. The number of rotatable bonds is 7. The molecule has 0 radical (unpaired) electrons. The van der Waals surface area contributed by atoms with E-state index in [2.05, 4.69) is 42.7 Å². The number of hydrogen-bond acceptors (Lipinski definition) is 4. The van der Waals surface area contributed by atoms with Crippen LogP contribution in [0.2, 0.25) is 32.2 Å². The monoisotopic (exact) mass is 298 g/mol. The van der Waals surface area contributed by atoms with Gasteiger partial charge in [0, 0.05) is 18.1 Å². The predicted octanol–water partition coefficient (Wildman–Crippen LogP) is 3.72. The Balaban J connectivity index is 2.40. The van der Waals surface area contributed by atoms with Crippen molar-refractivity contribution in [1.29, 1.82) is 0 Å². The van der Waals surface area contributed by atoms with Gasteiger partial charge < -0.3 is 4.12 Å². The molecule has 1 rings (SSSR count). The van der Waals surface area contributed by atoms with E-state index in [-0.39, 0.29) is 0 Å². The van der Waals surface area contributed by atoms with Crippen LogP contribution in [0.15, 0.2) is 35.9 Å². The number of nitrogens with zero attached hydrogens (tertiary/aromatic N) is 2. The molecule has 0 saturated carbocycles. The Labute approximate surface area is 116 Å². The average Bonchev–Trinajstić information content (AvgIpc) is 2.29. The van der Waals surface area contributed by atoms with Gasteiger partial charge in [-0.25, -0.2) is 9.97 Å². The van der Waals surface area contributed by atoms with Crippen LogP contribution in [0.4, 0.5) is 0 Å². The summed E-state index contributed by atoms with van der Waals surface area (Å²) < 4.78 is 6.32. The molecule has 0 aromatic carbocycles. The minimum atomic E-state index is -1.66. The molecule has 0 unspecified atom stereocenters. The molecule has 1 heterocycles. The largest absolute Gasteiger partial charge is 0.453 e. The third-order valence-corrected chi connectivity index (χ3v) is 10.5. The van der Waals surface area contributed by atoms with E-state index in [1.54, 1.807) is 24.2 Å². The van der Waals surface area contributed by atoms with Crippen molar-refractivity contribution >= 4 is 28.4 Å². The van der Waals surface area contributed by atoms with Crippen molar-refractivity contribution in [3.8, 4) is 0 Å². The summed E-state index contributed by atoms with van der Waals surface area (Å²) in [6.07, 6.45) is 3.56. The molecule has 0 aliphatic carbocycles. The molecule has 0 N–H and O–H groups in total. The Hall–Kier alpha value is -0.436. The fourth-order valence-corrected chi connectivity index (χ4v) is 10.8. The highest BCUT2D eigenvalue weighted by molar-refractivity contribution is 7.99. The van der Waals surface area contributed by atoms with Crippen molar-refractivity contribution in [2.24, 2.45) is 0 Å². The van der Waals surface area contributed by atoms with E-state index >= 15 is 0 Å². The fraction of sp³-hybridized carbons (Fsp3) is 0.500. The van der Waals surface area contributed by atoms with Crippen LogP contribution in [0.3, 0.4) is 0 Å². The standard InChI is InChI=1S/C12H22N2OSSi2/c1-6-17(2,3)15-18(4,5)11-10-16-12-13-8-7-9-14-12/h6-9H,1,10-11H2,2-5H3. The molecule has 0 amide bonds. The van der Waals surface area contributed by atoms with E-state index in [9.17, 15) is 0 Å². The lowest BCUT2D eigenvalue weighted by Crippen LogP contribution is -2.43. The lowest BCUT2D eigenvalue weighted by atomic mass is 10.7. The highest BCUT2D eigenvalue weighted by Gasteiger charge is 2.30. The van der Waals surface area contributed by atoms with Gasteiger partial charge in [-0.3, -0.25) is 0 Å². The topological polar surface area (TPSA) is 35.0 Å². The maximum Gasteiger partial charge on any atom is 0.197 e. The first-order valence-electron chi connectivity index (χ1n) is 6.08. The first-order chi connectivity index (χ1) is 8.35. The van der Waals surface area contributed by atoms with Gasteiger partial charge in [-0.2, -0.15) is 0 Å². The second kappa shape index (κ2) is 6.65. The molecular formula is C12H22N2OSSi2. The summed E-state index contributed by atoms with van der Waals surface area (Å²) in [4.78, 5) is 8.42. The van der Waals surface area contributed by atoms with Crippen LogP contribution in [0.25, 0.3) is 0 Å². The van der Waals surface area contributed by atoms with Crippen molar-refractivity contribution in [1.82, 2.24) is 9.97 Å². The molecule has 3 nitrogen and oxygen atoms in total. The Morgan fingerprint density at radius 3 is 2.44 bits per heavy atom. The molecule has 0 spiro atoms. The van der Waals surface area contributed by atoms with Crippen LogP contribution in [0, 0.1) is 0 Å². The van der Waals surface area contributed by atoms with E-state index < -0.39 is 16.6 Å². The van der Waals surface area contributed by atoms with Crippen molar-refractivity contribution in [2.45, 2.75) is 37.4 Å². The predicted molar refractivity (Wildman–Crippen MR) is 83.8 cm³/mol. The van der Waals surface area contributed by atoms with Gasteiger partial charge in [-0.05, 0) is 38.3 Å². The molecule has 100 valence electrons. The van der Waals surface area contributed by atoms with E-state index in [1.165, 1.54) is 0 Å². The second-order valence-corrected chi connectivity index (χ2v) is 14.8. The van der Waals surface area contributed by atoms with E-state index in [1.807, 2.05) is 11.8 Å². The number of aromatic nitrogens is 2. The van der Waals surface area contributed by atoms with Gasteiger partial charge in [0.15, 0.2) is 21.8 Å². The molecule has 0 saturated heterocycles. The van der Waals surface area contributed by atoms with E-state index in [4.69, 9.17) is 4.12 Å². The third kappa shape index (κ3) is 5.95. The van der Waals surface area contributed by atoms with Crippen molar-refractivity contribution in [3.63, 3.8) is 0 Å². The molecule has 6 heteroatoms. The second-order valence-electron chi connectivity index (χ2n) is 5.30. The first-order valence-corrected chi connectivity index (χ1v) is 13.2. The van der Waals surface area contributed by atoms with Crippen molar-refractivity contribution < 1.29 is 4.12 Å². The Kier molecular flexibility index (Phi) is 5.77. The zero-order valence-electron chi connectivity index (χ0n) is 11.6. The summed E-state index contributed by atoms with van der Waals surface area (Å²) in [7, 11) is -3.26. The summed E-state index contributed by atoms with van der Waals surface area (Å²) in [5.74, 6) is 1.02. The van der Waals surface area contributed by atoms with Crippen LogP contribution in [-0.2, 0) is 4.12 Å². The van der Waals surface area contributed by atoms with Gasteiger partial charge in [0.25, 0.3) is 0 Å². The zero-order valence-corrected chi connectivity index (χ0v) is 14.5. The average molecular weight is 299 g/mol. The van der Waals surface area contributed by atoms with Gasteiger partial charge in [-0.15, -0.1) is 6.58 Å². The SMILES string of the molecule is C=C[Si](C)(C)O[Si](C)(C)CCSc1ncccn1. The fourth-order valence-electron chi connectivity index (χ4n) is 1.55. The highest BCUT2D eigenvalue weighted by atomic mass is 32.2. The molecule has 0 aliphatic rings. The molecule has 0 fully saturated rings. The zero-order chi connectivity index (χ0) is 13.6. The van der Waals surface area contributed by atoms with Gasteiger partial charge in [0.05, 0.1) is 0 Å². The van der Waals surface area contributed by atoms with Crippen molar-refractivity contribution in [2.75, 3.05) is 5.75 Å². The molecular weight excluding hydrogens is 276 g/mol. The normalized spacial score (nSPS) is 12.4. The summed E-state index contributed by atoms with van der Waals surface area (Å²) in [6, 6.07) is 2.95. The van der Waals surface area contributed by atoms with E-state index in [0.29, 0.717) is 0 Å². The number of thioether (sulfide) groups is 1. The van der Waals surface area contributed by atoms with Crippen LogP contribution >= 0.6 is 11.8 Å². The quantitative estimate of drug-likeness (QED) is 0.436. The summed E-state index contributed by atoms with van der Waals surface area (Å²) in [6.45, 7) is 12.8. The number of hydrogen-bond donors (Lipinski definition) is 0. The molecule has 18 heavy (non-hydrogen) atoms. The smallest absolute Gasteiger partial charge is 0.197 e. The van der Waals surface area contributed by atoms with Gasteiger partial charge >= 0.3 is 0 Å². The minimum absolute atomic E-state index is 0.850. The highest BCUT2D eigenvalue weighted by Crippen LogP contribution is 2.23. The van der Waals surface area contributed by atoms with Gasteiger partial charge in [-0.1, -0.05) is 17.5 Å². The molecule has 0 atom stereocenters.